The fraction of sp³-hybridized carbons (Fsp3) is 0.235. The first-order valence-electron chi connectivity index (χ1n) is 6.71. The Morgan fingerprint density at radius 3 is 2.38 bits per heavy atom. The van der Waals surface area contributed by atoms with Crippen molar-refractivity contribution in [1.29, 1.82) is 0 Å². The van der Waals surface area contributed by atoms with Crippen LogP contribution in [0.3, 0.4) is 0 Å². The first-order chi connectivity index (χ1) is 10.1. The zero-order valence-corrected chi connectivity index (χ0v) is 13.2. The van der Waals surface area contributed by atoms with Gasteiger partial charge in [0.05, 0.1) is 12.1 Å². The Hall–Kier alpha value is -1.51. The van der Waals surface area contributed by atoms with Crippen molar-refractivity contribution < 1.29 is 9.53 Å². The third-order valence-electron chi connectivity index (χ3n) is 4.08. The molecule has 0 aromatic heterocycles. The molecular weight excluding hydrogens is 307 g/mol. The van der Waals surface area contributed by atoms with E-state index in [9.17, 15) is 4.79 Å². The second kappa shape index (κ2) is 5.36. The molecule has 1 aliphatic carbocycles. The molecular formula is C17H14Cl2O2. The largest absolute Gasteiger partial charge is 0.495 e. The van der Waals surface area contributed by atoms with Gasteiger partial charge >= 0.3 is 0 Å². The van der Waals surface area contributed by atoms with E-state index in [-0.39, 0.29) is 17.6 Å². The summed E-state index contributed by atoms with van der Waals surface area (Å²) >= 11 is 12.5. The average molecular weight is 321 g/mol. The van der Waals surface area contributed by atoms with Gasteiger partial charge in [-0.15, -0.1) is 0 Å². The second-order valence-corrected chi connectivity index (χ2v) is 5.97. The molecule has 0 saturated heterocycles. The maximum Gasteiger partial charge on any atom is 0.168 e. The van der Waals surface area contributed by atoms with E-state index in [1.807, 2.05) is 43.3 Å². The number of hydrogen-bond acceptors (Lipinski definition) is 2. The van der Waals surface area contributed by atoms with Crippen LogP contribution in [0.5, 0.6) is 5.75 Å². The van der Waals surface area contributed by atoms with E-state index < -0.39 is 0 Å². The maximum atomic E-state index is 12.6. The fourth-order valence-corrected chi connectivity index (χ4v) is 3.56. The van der Waals surface area contributed by atoms with Crippen LogP contribution in [0.2, 0.25) is 10.0 Å². The van der Waals surface area contributed by atoms with Crippen molar-refractivity contribution in [3.8, 4) is 5.75 Å². The zero-order valence-electron chi connectivity index (χ0n) is 11.7. The molecule has 0 amide bonds. The van der Waals surface area contributed by atoms with Crippen LogP contribution in [-0.2, 0) is 0 Å². The Labute approximate surface area is 133 Å². The van der Waals surface area contributed by atoms with Crippen molar-refractivity contribution in [2.24, 2.45) is 5.92 Å². The highest BCUT2D eigenvalue weighted by atomic mass is 35.5. The molecule has 0 heterocycles. The first-order valence-corrected chi connectivity index (χ1v) is 7.47. The summed E-state index contributed by atoms with van der Waals surface area (Å²) in [5, 5.41) is 0.591. The SMILES string of the molecule is COc1cc2c(c(Cl)c1Cl)C(=O)[C@H](C)[C@@H]2c1ccccc1. The van der Waals surface area contributed by atoms with E-state index in [1.165, 1.54) is 0 Å². The van der Waals surface area contributed by atoms with Crippen LogP contribution in [0.25, 0.3) is 0 Å². The molecule has 0 bridgehead atoms. The number of methoxy groups -OCH3 is 1. The van der Waals surface area contributed by atoms with Crippen molar-refractivity contribution >= 4 is 29.0 Å². The molecule has 2 nitrogen and oxygen atoms in total. The van der Waals surface area contributed by atoms with Gasteiger partial charge < -0.3 is 4.74 Å². The van der Waals surface area contributed by atoms with Gasteiger partial charge in [0.1, 0.15) is 10.8 Å². The minimum absolute atomic E-state index is 0.0163. The van der Waals surface area contributed by atoms with Crippen molar-refractivity contribution in [3.63, 3.8) is 0 Å². The molecule has 0 radical (unpaired) electrons. The number of rotatable bonds is 2. The van der Waals surface area contributed by atoms with Gasteiger partial charge in [-0.1, -0.05) is 60.5 Å². The molecule has 4 heteroatoms. The number of ketones is 1. The summed E-state index contributed by atoms with van der Waals surface area (Å²) in [6.07, 6.45) is 0. The van der Waals surface area contributed by atoms with Gasteiger partial charge in [0.2, 0.25) is 0 Å². The lowest BCUT2D eigenvalue weighted by Crippen LogP contribution is -2.10. The average Bonchev–Trinajstić information content (AvgIpc) is 2.75. The van der Waals surface area contributed by atoms with E-state index in [4.69, 9.17) is 27.9 Å². The normalized spacial score (nSPS) is 20.5. The fourth-order valence-electron chi connectivity index (χ4n) is 3.04. The van der Waals surface area contributed by atoms with Crippen molar-refractivity contribution in [1.82, 2.24) is 0 Å². The number of ether oxygens (including phenoxy) is 1. The van der Waals surface area contributed by atoms with Crippen molar-refractivity contribution in [2.45, 2.75) is 12.8 Å². The molecule has 1 aliphatic rings. The molecule has 0 N–H and O–H groups in total. The van der Waals surface area contributed by atoms with Crippen LogP contribution in [0.4, 0.5) is 0 Å². The van der Waals surface area contributed by atoms with Gasteiger partial charge in [0.15, 0.2) is 5.78 Å². The quantitative estimate of drug-likeness (QED) is 0.781. The number of carbonyl (C=O) groups excluding carboxylic acids is 1. The molecule has 3 rings (SSSR count). The van der Waals surface area contributed by atoms with Gasteiger partial charge in [-0.3, -0.25) is 4.79 Å². The zero-order chi connectivity index (χ0) is 15.1. The van der Waals surface area contributed by atoms with Crippen LogP contribution in [0.15, 0.2) is 36.4 Å². The number of halogens is 2. The van der Waals surface area contributed by atoms with Gasteiger partial charge in [-0.25, -0.2) is 0 Å². The third-order valence-corrected chi connectivity index (χ3v) is 4.93. The Morgan fingerprint density at radius 2 is 1.76 bits per heavy atom. The highest BCUT2D eigenvalue weighted by Gasteiger charge is 2.40. The molecule has 0 fully saturated rings. The second-order valence-electron chi connectivity index (χ2n) is 5.21. The van der Waals surface area contributed by atoms with E-state index in [0.717, 1.165) is 11.1 Å². The third kappa shape index (κ3) is 2.14. The first kappa shape index (κ1) is 14.4. The van der Waals surface area contributed by atoms with Crippen LogP contribution in [-0.4, -0.2) is 12.9 Å². The lowest BCUT2D eigenvalue weighted by Gasteiger charge is -2.17. The molecule has 2 aromatic carbocycles. The summed E-state index contributed by atoms with van der Waals surface area (Å²) in [5.74, 6) is 0.358. The number of fused-ring (bicyclic) bond motifs is 1. The van der Waals surface area contributed by atoms with Crippen LogP contribution in [0.1, 0.15) is 34.3 Å². The van der Waals surface area contributed by atoms with Crippen molar-refractivity contribution in [2.75, 3.05) is 7.11 Å². The summed E-state index contributed by atoms with van der Waals surface area (Å²) in [5.41, 5.74) is 2.52. The van der Waals surface area contributed by atoms with Gasteiger partial charge in [0, 0.05) is 17.4 Å². The number of benzene rings is 2. The monoisotopic (exact) mass is 320 g/mol. The lowest BCUT2D eigenvalue weighted by molar-refractivity contribution is 0.0939. The Morgan fingerprint density at radius 1 is 1.10 bits per heavy atom. The summed E-state index contributed by atoms with van der Waals surface area (Å²) in [6.45, 7) is 1.93. The molecule has 0 unspecified atom stereocenters. The van der Waals surface area contributed by atoms with E-state index in [0.29, 0.717) is 21.4 Å². The summed E-state index contributed by atoms with van der Waals surface area (Å²) in [6, 6.07) is 11.8. The topological polar surface area (TPSA) is 26.3 Å². The number of carbonyl (C=O) groups is 1. The molecule has 0 aliphatic heterocycles. The molecule has 21 heavy (non-hydrogen) atoms. The molecule has 108 valence electrons. The van der Waals surface area contributed by atoms with Crippen LogP contribution in [0, 0.1) is 5.92 Å². The van der Waals surface area contributed by atoms with Crippen LogP contribution >= 0.6 is 23.2 Å². The van der Waals surface area contributed by atoms with Gasteiger partial charge in [-0.2, -0.15) is 0 Å². The van der Waals surface area contributed by atoms with E-state index >= 15 is 0 Å². The Bertz CT molecular complexity index is 710. The Kier molecular flexibility index (Phi) is 3.68. The van der Waals surface area contributed by atoms with Crippen LogP contribution < -0.4 is 4.74 Å². The highest BCUT2D eigenvalue weighted by molar-refractivity contribution is 6.45. The van der Waals surface area contributed by atoms with Gasteiger partial charge in [-0.05, 0) is 17.2 Å². The minimum Gasteiger partial charge on any atom is -0.495 e. The maximum absolute atomic E-state index is 12.6. The predicted octanol–water partition coefficient (Wildman–Crippen LogP) is 4.97. The van der Waals surface area contributed by atoms with Crippen molar-refractivity contribution in [3.05, 3.63) is 63.1 Å². The number of Topliss-reactive ketones (excluding diaryl/α,β-unsaturated/α-hetero) is 1. The molecule has 0 saturated carbocycles. The predicted molar refractivity (Wildman–Crippen MR) is 84.8 cm³/mol. The van der Waals surface area contributed by atoms with E-state index in [2.05, 4.69) is 0 Å². The molecule has 2 atom stereocenters. The van der Waals surface area contributed by atoms with Gasteiger partial charge in [0.25, 0.3) is 0 Å². The number of hydrogen-bond donors (Lipinski definition) is 0. The molecule has 2 aromatic rings. The highest BCUT2D eigenvalue weighted by Crippen LogP contribution is 2.49. The Balaban J connectivity index is 2.25. The summed E-state index contributed by atoms with van der Waals surface area (Å²) in [4.78, 5) is 12.6. The van der Waals surface area contributed by atoms with E-state index in [1.54, 1.807) is 7.11 Å². The molecule has 0 spiro atoms. The summed E-state index contributed by atoms with van der Waals surface area (Å²) in [7, 11) is 1.54. The smallest absolute Gasteiger partial charge is 0.168 e. The lowest BCUT2D eigenvalue weighted by atomic mass is 9.87. The standard InChI is InChI=1S/C17H14Cl2O2/c1-9-13(10-6-4-3-5-7-10)11-8-12(21-2)15(18)16(19)14(11)17(9)20/h3-9,13H,1-2H3/t9-,13-/m1/s1. The minimum atomic E-state index is -0.164. The summed E-state index contributed by atoms with van der Waals surface area (Å²) < 4.78 is 5.28.